The molecule has 1 aliphatic rings. The summed E-state index contributed by atoms with van der Waals surface area (Å²) in [5.74, 6) is -0.0933. The third kappa shape index (κ3) is 4.30. The number of nitro benzene ring substituents is 1. The number of nitrogens with zero attached hydrogens (tertiary/aromatic N) is 3. The number of morpholine rings is 1. The zero-order valence-electron chi connectivity index (χ0n) is 17.9. The van der Waals surface area contributed by atoms with E-state index in [1.54, 1.807) is 36.4 Å². The van der Waals surface area contributed by atoms with Crippen molar-refractivity contribution in [3.63, 3.8) is 0 Å². The van der Waals surface area contributed by atoms with Crippen LogP contribution in [0.4, 0.5) is 17.1 Å². The number of nitrogens with one attached hydrogen (secondary N) is 1. The van der Waals surface area contributed by atoms with Gasteiger partial charge in [-0.05, 0) is 42.5 Å². The molecule has 4 aromatic rings. The molecule has 172 valence electrons. The Bertz CT molecular complexity index is 1400. The molecule has 0 atom stereocenters. The molecule has 1 aromatic heterocycles. The van der Waals surface area contributed by atoms with Crippen LogP contribution in [-0.2, 0) is 4.74 Å². The molecular weight excluding hydrogens is 460 g/mol. The van der Waals surface area contributed by atoms with Gasteiger partial charge in [0.2, 0.25) is 5.89 Å². The number of aromatic nitrogens is 1. The van der Waals surface area contributed by atoms with Gasteiger partial charge in [-0.1, -0.05) is 23.7 Å². The number of oxazole rings is 1. The van der Waals surface area contributed by atoms with Gasteiger partial charge in [0, 0.05) is 30.4 Å². The maximum absolute atomic E-state index is 12.9. The summed E-state index contributed by atoms with van der Waals surface area (Å²) in [6.45, 7) is 2.12. The first kappa shape index (κ1) is 21.9. The molecule has 5 rings (SSSR count). The van der Waals surface area contributed by atoms with Crippen molar-refractivity contribution in [1.82, 2.24) is 4.98 Å². The minimum absolute atomic E-state index is 0.120. The first-order chi connectivity index (χ1) is 16.5. The van der Waals surface area contributed by atoms with Crippen LogP contribution in [0.15, 0.2) is 65.1 Å². The highest BCUT2D eigenvalue weighted by Gasteiger charge is 2.23. The number of amides is 1. The average molecular weight is 479 g/mol. The van der Waals surface area contributed by atoms with E-state index < -0.39 is 10.8 Å². The number of carbonyl (C=O) groups excluding carboxylic acids is 1. The summed E-state index contributed by atoms with van der Waals surface area (Å²) >= 11 is 6.24. The van der Waals surface area contributed by atoms with Gasteiger partial charge in [-0.15, -0.1) is 0 Å². The second-order valence-corrected chi connectivity index (χ2v) is 8.10. The summed E-state index contributed by atoms with van der Waals surface area (Å²) in [6.07, 6.45) is 0. The number of rotatable bonds is 5. The van der Waals surface area contributed by atoms with E-state index in [2.05, 4.69) is 10.3 Å². The maximum atomic E-state index is 12.9. The first-order valence-electron chi connectivity index (χ1n) is 10.6. The van der Waals surface area contributed by atoms with Gasteiger partial charge < -0.3 is 19.4 Å². The van der Waals surface area contributed by atoms with E-state index in [1.807, 2.05) is 23.1 Å². The van der Waals surface area contributed by atoms with Crippen LogP contribution in [0.5, 0.6) is 0 Å². The molecule has 1 saturated heterocycles. The lowest BCUT2D eigenvalue weighted by Gasteiger charge is -2.28. The predicted molar refractivity (Wildman–Crippen MR) is 129 cm³/mol. The Morgan fingerprint density at radius 1 is 1.09 bits per heavy atom. The van der Waals surface area contributed by atoms with E-state index in [0.717, 1.165) is 0 Å². The Balaban J connectivity index is 1.39. The van der Waals surface area contributed by atoms with Crippen molar-refractivity contribution in [3.05, 3.63) is 81.4 Å². The molecule has 0 bridgehead atoms. The van der Waals surface area contributed by atoms with Crippen LogP contribution in [0, 0.1) is 10.1 Å². The zero-order valence-corrected chi connectivity index (χ0v) is 18.6. The molecular formula is C24H19ClN4O5. The molecule has 0 aliphatic carbocycles. The summed E-state index contributed by atoms with van der Waals surface area (Å²) in [5, 5.41) is 15.0. The van der Waals surface area contributed by atoms with Gasteiger partial charge in [0.15, 0.2) is 5.58 Å². The van der Waals surface area contributed by atoms with Gasteiger partial charge in [-0.25, -0.2) is 4.98 Å². The van der Waals surface area contributed by atoms with Crippen LogP contribution >= 0.6 is 11.6 Å². The fourth-order valence-corrected chi connectivity index (χ4v) is 4.06. The smallest absolute Gasteiger partial charge is 0.293 e. The fourth-order valence-electron chi connectivity index (χ4n) is 3.84. The number of benzene rings is 3. The Morgan fingerprint density at radius 2 is 1.88 bits per heavy atom. The summed E-state index contributed by atoms with van der Waals surface area (Å²) in [4.78, 5) is 30.4. The van der Waals surface area contributed by atoms with E-state index in [4.69, 9.17) is 20.8 Å². The highest BCUT2D eigenvalue weighted by molar-refractivity contribution is 6.33. The quantitative estimate of drug-likeness (QED) is 0.312. The Labute approximate surface area is 199 Å². The number of hydrogen-bond donors (Lipinski definition) is 1. The van der Waals surface area contributed by atoms with E-state index in [9.17, 15) is 14.9 Å². The molecule has 0 unspecified atom stereocenters. The van der Waals surface area contributed by atoms with Crippen LogP contribution in [0.25, 0.3) is 22.6 Å². The largest absolute Gasteiger partial charge is 0.436 e. The van der Waals surface area contributed by atoms with Gasteiger partial charge in [0.05, 0.1) is 28.7 Å². The van der Waals surface area contributed by atoms with Gasteiger partial charge in [0.25, 0.3) is 11.6 Å². The van der Waals surface area contributed by atoms with Crippen molar-refractivity contribution in [2.24, 2.45) is 0 Å². The SMILES string of the molecule is O=C(Nc1ccc2oc(-c3ccccc3Cl)nc2c1)c1ccc(N2CCOCC2)c([N+](=O)[O-])c1. The van der Waals surface area contributed by atoms with Crippen LogP contribution in [0.3, 0.4) is 0 Å². The van der Waals surface area contributed by atoms with Crippen LogP contribution < -0.4 is 10.2 Å². The van der Waals surface area contributed by atoms with Gasteiger partial charge in [-0.3, -0.25) is 14.9 Å². The first-order valence-corrected chi connectivity index (χ1v) is 11.0. The standard InChI is InChI=1S/C24H19ClN4O5/c25-18-4-2-1-3-17(18)24-27-19-14-16(6-8-22(19)34-24)26-23(30)15-5-7-20(21(13-15)29(31)32)28-9-11-33-12-10-28/h1-8,13-14H,9-12H2,(H,26,30). The van der Waals surface area contributed by atoms with Crippen molar-refractivity contribution in [2.75, 3.05) is 36.5 Å². The minimum atomic E-state index is -0.473. The normalized spacial score (nSPS) is 13.7. The molecule has 0 saturated carbocycles. The van der Waals surface area contributed by atoms with E-state index in [-0.39, 0.29) is 11.3 Å². The molecule has 1 amide bonds. The summed E-state index contributed by atoms with van der Waals surface area (Å²) in [6, 6.07) is 16.8. The number of nitro groups is 1. The maximum Gasteiger partial charge on any atom is 0.293 e. The molecule has 3 aromatic carbocycles. The van der Waals surface area contributed by atoms with Gasteiger partial charge >= 0.3 is 0 Å². The zero-order chi connectivity index (χ0) is 23.7. The molecule has 9 nitrogen and oxygen atoms in total. The van der Waals surface area contributed by atoms with Crippen LogP contribution in [-0.4, -0.2) is 42.1 Å². The van der Waals surface area contributed by atoms with Crippen LogP contribution in [0.2, 0.25) is 5.02 Å². The summed E-state index contributed by atoms with van der Waals surface area (Å²) < 4.78 is 11.1. The summed E-state index contributed by atoms with van der Waals surface area (Å²) in [5.41, 5.74) is 2.77. The highest BCUT2D eigenvalue weighted by Crippen LogP contribution is 2.32. The van der Waals surface area contributed by atoms with Crippen molar-refractivity contribution in [2.45, 2.75) is 0 Å². The van der Waals surface area contributed by atoms with Crippen molar-refractivity contribution >= 4 is 45.7 Å². The predicted octanol–water partition coefficient (Wildman–Crippen LogP) is 5.15. The Hall–Kier alpha value is -3.95. The minimum Gasteiger partial charge on any atom is -0.436 e. The number of fused-ring (bicyclic) bond motifs is 1. The molecule has 1 N–H and O–H groups in total. The fraction of sp³-hybridized carbons (Fsp3) is 0.167. The van der Waals surface area contributed by atoms with E-state index in [0.29, 0.717) is 65.3 Å². The topological polar surface area (TPSA) is 111 Å². The number of anilines is 2. The lowest BCUT2D eigenvalue weighted by Crippen LogP contribution is -2.36. The second kappa shape index (κ2) is 9.12. The Kier molecular flexibility index (Phi) is 5.87. The molecule has 1 aliphatic heterocycles. The van der Waals surface area contributed by atoms with Gasteiger partial charge in [0.1, 0.15) is 11.2 Å². The molecule has 2 heterocycles. The lowest BCUT2D eigenvalue weighted by molar-refractivity contribution is -0.384. The molecule has 34 heavy (non-hydrogen) atoms. The number of halogens is 1. The average Bonchev–Trinajstić information content (AvgIpc) is 3.27. The van der Waals surface area contributed by atoms with Crippen molar-refractivity contribution in [1.29, 1.82) is 0 Å². The third-order valence-electron chi connectivity index (χ3n) is 5.54. The molecule has 0 radical (unpaired) electrons. The third-order valence-corrected chi connectivity index (χ3v) is 5.87. The molecule has 0 spiro atoms. The van der Waals surface area contributed by atoms with Gasteiger partial charge in [-0.2, -0.15) is 0 Å². The number of hydrogen-bond acceptors (Lipinski definition) is 7. The van der Waals surface area contributed by atoms with Crippen LogP contribution in [0.1, 0.15) is 10.4 Å². The number of carbonyl (C=O) groups is 1. The lowest BCUT2D eigenvalue weighted by atomic mass is 10.1. The van der Waals surface area contributed by atoms with Crippen molar-refractivity contribution in [3.8, 4) is 11.5 Å². The monoisotopic (exact) mass is 478 g/mol. The number of ether oxygens (including phenoxy) is 1. The van der Waals surface area contributed by atoms with Crippen molar-refractivity contribution < 1.29 is 18.9 Å². The highest BCUT2D eigenvalue weighted by atomic mass is 35.5. The van der Waals surface area contributed by atoms with E-state index in [1.165, 1.54) is 6.07 Å². The molecule has 10 heteroatoms. The Morgan fingerprint density at radius 3 is 2.65 bits per heavy atom. The molecule has 1 fully saturated rings. The second-order valence-electron chi connectivity index (χ2n) is 7.70. The summed E-state index contributed by atoms with van der Waals surface area (Å²) in [7, 11) is 0. The van der Waals surface area contributed by atoms with E-state index >= 15 is 0 Å².